The van der Waals surface area contributed by atoms with E-state index in [0.29, 0.717) is 6.04 Å². The van der Waals surface area contributed by atoms with E-state index in [1.165, 1.54) is 24.1 Å². The van der Waals surface area contributed by atoms with Gasteiger partial charge in [0.2, 0.25) is 0 Å². The number of benzene rings is 1. The lowest BCUT2D eigenvalue weighted by Gasteiger charge is -2.24. The van der Waals surface area contributed by atoms with E-state index in [0.717, 1.165) is 0 Å². The Morgan fingerprint density at radius 2 is 2.00 bits per heavy atom. The van der Waals surface area contributed by atoms with Gasteiger partial charge >= 0.3 is 0 Å². The second-order valence-electron chi connectivity index (χ2n) is 4.12. The topological polar surface area (TPSA) is 3.24 Å². The van der Waals surface area contributed by atoms with Crippen LogP contribution in [0.5, 0.6) is 0 Å². The van der Waals surface area contributed by atoms with Crippen LogP contribution in [0, 0.1) is 0 Å². The van der Waals surface area contributed by atoms with Gasteiger partial charge in [0.05, 0.1) is 0 Å². The van der Waals surface area contributed by atoms with Crippen LogP contribution in [0.3, 0.4) is 0 Å². The monoisotopic (exact) mass is 191 g/mol. The van der Waals surface area contributed by atoms with Gasteiger partial charge in [-0.05, 0) is 38.0 Å². The van der Waals surface area contributed by atoms with Gasteiger partial charge in [-0.3, -0.25) is 0 Å². The van der Waals surface area contributed by atoms with Gasteiger partial charge in [0.15, 0.2) is 0 Å². The maximum Gasteiger partial charge on any atom is 0.0368 e. The molecule has 0 aliphatic carbocycles. The van der Waals surface area contributed by atoms with Crippen molar-refractivity contribution in [1.29, 1.82) is 0 Å². The number of anilines is 1. The number of rotatable bonds is 4. The summed E-state index contributed by atoms with van der Waals surface area (Å²) in [7, 11) is 2.15. The molecule has 0 N–H and O–H groups in total. The van der Waals surface area contributed by atoms with Crippen molar-refractivity contribution in [2.24, 2.45) is 0 Å². The largest absolute Gasteiger partial charge is 0.372 e. The molecule has 78 valence electrons. The van der Waals surface area contributed by atoms with Crippen LogP contribution in [-0.2, 0) is 6.42 Å². The molecule has 1 nitrogen and oxygen atoms in total. The van der Waals surface area contributed by atoms with E-state index < -0.39 is 0 Å². The fourth-order valence-electron chi connectivity index (χ4n) is 1.52. The van der Waals surface area contributed by atoms with Crippen LogP contribution >= 0.6 is 0 Å². The first-order valence-corrected chi connectivity index (χ1v) is 5.47. The van der Waals surface area contributed by atoms with Gasteiger partial charge < -0.3 is 4.90 Å². The molecule has 0 fully saturated rings. The van der Waals surface area contributed by atoms with Crippen LogP contribution < -0.4 is 4.90 Å². The van der Waals surface area contributed by atoms with Gasteiger partial charge in [-0.15, -0.1) is 0 Å². The minimum Gasteiger partial charge on any atom is -0.372 e. The van der Waals surface area contributed by atoms with E-state index in [-0.39, 0.29) is 0 Å². The van der Waals surface area contributed by atoms with Crippen molar-refractivity contribution in [3.05, 3.63) is 29.8 Å². The van der Waals surface area contributed by atoms with Crippen molar-refractivity contribution in [2.75, 3.05) is 11.9 Å². The predicted octanol–water partition coefficient (Wildman–Crippen LogP) is 3.48. The molecule has 0 bridgehead atoms. The molecule has 1 heteroatoms. The molecule has 0 aliphatic rings. The highest BCUT2D eigenvalue weighted by molar-refractivity contribution is 5.48. The van der Waals surface area contributed by atoms with Crippen LogP contribution in [0.25, 0.3) is 0 Å². The summed E-state index contributed by atoms with van der Waals surface area (Å²) in [5.41, 5.74) is 2.77. The van der Waals surface area contributed by atoms with E-state index >= 15 is 0 Å². The van der Waals surface area contributed by atoms with Crippen molar-refractivity contribution in [3.63, 3.8) is 0 Å². The second-order valence-corrected chi connectivity index (χ2v) is 4.12. The normalized spacial score (nSPS) is 10.6. The molecule has 1 rings (SSSR count). The first-order valence-electron chi connectivity index (χ1n) is 5.47. The third kappa shape index (κ3) is 2.76. The molecular weight excluding hydrogens is 170 g/mol. The molecule has 0 saturated carbocycles. The highest BCUT2D eigenvalue weighted by Crippen LogP contribution is 2.17. The maximum absolute atomic E-state index is 2.30. The Morgan fingerprint density at radius 3 is 2.57 bits per heavy atom. The fourth-order valence-corrected chi connectivity index (χ4v) is 1.52. The van der Waals surface area contributed by atoms with Crippen LogP contribution in [0.4, 0.5) is 5.69 Å². The molecule has 0 aromatic heterocycles. The summed E-state index contributed by atoms with van der Waals surface area (Å²) in [6.07, 6.45) is 2.40. The van der Waals surface area contributed by atoms with E-state index in [1.54, 1.807) is 0 Å². The van der Waals surface area contributed by atoms with Gasteiger partial charge in [-0.1, -0.05) is 25.5 Å². The van der Waals surface area contributed by atoms with Gasteiger partial charge in [-0.25, -0.2) is 0 Å². The molecule has 0 atom stereocenters. The van der Waals surface area contributed by atoms with Gasteiger partial charge in [0.1, 0.15) is 0 Å². The van der Waals surface area contributed by atoms with E-state index in [4.69, 9.17) is 0 Å². The average Bonchev–Trinajstić information content (AvgIpc) is 2.17. The van der Waals surface area contributed by atoms with Crippen LogP contribution in [-0.4, -0.2) is 13.1 Å². The number of aryl methyl sites for hydroxylation is 1. The molecule has 1 aromatic rings. The highest BCUT2D eigenvalue weighted by Gasteiger charge is 2.04. The Balaban J connectivity index is 2.82. The zero-order valence-electron chi connectivity index (χ0n) is 9.75. The third-order valence-electron chi connectivity index (χ3n) is 2.63. The van der Waals surface area contributed by atoms with Gasteiger partial charge in [0.25, 0.3) is 0 Å². The lowest BCUT2D eigenvalue weighted by Crippen LogP contribution is -2.25. The number of nitrogens with zero attached hydrogens (tertiary/aromatic N) is 1. The van der Waals surface area contributed by atoms with E-state index in [2.05, 4.69) is 57.0 Å². The summed E-state index contributed by atoms with van der Waals surface area (Å²) in [5, 5.41) is 0. The Hall–Kier alpha value is -0.980. The second kappa shape index (κ2) is 5.04. The number of hydrogen-bond acceptors (Lipinski definition) is 1. The summed E-state index contributed by atoms with van der Waals surface area (Å²) in [4.78, 5) is 2.30. The molecule has 0 heterocycles. The Kier molecular flexibility index (Phi) is 3.99. The molecule has 0 radical (unpaired) electrons. The standard InChI is InChI=1S/C13H21N/c1-5-7-12-8-6-9-13(10-12)14(4)11(2)3/h6,8-11H,5,7H2,1-4H3. The van der Waals surface area contributed by atoms with Crippen LogP contribution in [0.15, 0.2) is 24.3 Å². The first-order chi connectivity index (χ1) is 6.65. The average molecular weight is 191 g/mol. The molecule has 14 heavy (non-hydrogen) atoms. The molecule has 0 aliphatic heterocycles. The maximum atomic E-state index is 2.30. The fraction of sp³-hybridized carbons (Fsp3) is 0.538. The molecule has 1 aromatic carbocycles. The quantitative estimate of drug-likeness (QED) is 0.704. The Morgan fingerprint density at radius 1 is 1.29 bits per heavy atom. The van der Waals surface area contributed by atoms with E-state index in [9.17, 15) is 0 Å². The van der Waals surface area contributed by atoms with Crippen molar-refractivity contribution >= 4 is 5.69 Å². The number of hydrogen-bond donors (Lipinski definition) is 0. The zero-order valence-corrected chi connectivity index (χ0v) is 9.75. The predicted molar refractivity (Wildman–Crippen MR) is 64.0 cm³/mol. The van der Waals surface area contributed by atoms with E-state index in [1.807, 2.05) is 0 Å². The molecule has 0 saturated heterocycles. The first kappa shape index (κ1) is 11.1. The molecular formula is C13H21N. The van der Waals surface area contributed by atoms with Crippen LogP contribution in [0.2, 0.25) is 0 Å². The van der Waals surface area contributed by atoms with Crippen molar-refractivity contribution < 1.29 is 0 Å². The Labute approximate surface area is 87.7 Å². The van der Waals surface area contributed by atoms with Gasteiger partial charge in [-0.2, -0.15) is 0 Å². The third-order valence-corrected chi connectivity index (χ3v) is 2.63. The lowest BCUT2D eigenvalue weighted by molar-refractivity contribution is 0.753. The minimum absolute atomic E-state index is 0.562. The van der Waals surface area contributed by atoms with Crippen LogP contribution in [0.1, 0.15) is 32.8 Å². The molecule has 0 spiro atoms. The summed E-state index contributed by atoms with van der Waals surface area (Å²) in [6.45, 7) is 6.65. The van der Waals surface area contributed by atoms with Crippen molar-refractivity contribution in [1.82, 2.24) is 0 Å². The minimum atomic E-state index is 0.562. The highest BCUT2D eigenvalue weighted by atomic mass is 15.1. The summed E-state index contributed by atoms with van der Waals surface area (Å²) < 4.78 is 0. The lowest BCUT2D eigenvalue weighted by atomic mass is 10.1. The molecule has 0 unspecified atom stereocenters. The van der Waals surface area contributed by atoms with Gasteiger partial charge in [0, 0.05) is 18.8 Å². The van der Waals surface area contributed by atoms with Crippen molar-refractivity contribution in [2.45, 2.75) is 39.7 Å². The van der Waals surface area contributed by atoms with Crippen molar-refractivity contribution in [3.8, 4) is 0 Å². The molecule has 0 amide bonds. The Bertz CT molecular complexity index is 278. The smallest absolute Gasteiger partial charge is 0.0368 e. The summed E-state index contributed by atoms with van der Waals surface area (Å²) in [5.74, 6) is 0. The zero-order chi connectivity index (χ0) is 10.6. The summed E-state index contributed by atoms with van der Waals surface area (Å²) >= 11 is 0. The summed E-state index contributed by atoms with van der Waals surface area (Å²) in [6, 6.07) is 9.40. The SMILES string of the molecule is CCCc1cccc(N(C)C(C)C)c1.